The fourth-order valence-electron chi connectivity index (χ4n) is 2.92. The minimum atomic E-state index is -0.355. The van der Waals surface area contributed by atoms with Crippen LogP contribution in [0.1, 0.15) is 15.9 Å². The van der Waals surface area contributed by atoms with Gasteiger partial charge >= 0.3 is 0 Å². The molecule has 0 bridgehead atoms. The first-order valence-corrected chi connectivity index (χ1v) is 7.98. The van der Waals surface area contributed by atoms with E-state index in [4.69, 9.17) is 0 Å². The Kier molecular flexibility index (Phi) is 3.82. The van der Waals surface area contributed by atoms with Crippen molar-refractivity contribution in [1.82, 2.24) is 4.98 Å². The lowest BCUT2D eigenvalue weighted by atomic mass is 10.0. The molecule has 0 N–H and O–H groups in total. The van der Waals surface area contributed by atoms with Gasteiger partial charge in [-0.25, -0.2) is 9.37 Å². The van der Waals surface area contributed by atoms with Gasteiger partial charge < -0.3 is 0 Å². The van der Waals surface area contributed by atoms with Crippen LogP contribution in [0.15, 0.2) is 78.9 Å². The fourth-order valence-corrected chi connectivity index (χ4v) is 2.92. The van der Waals surface area contributed by atoms with Crippen molar-refractivity contribution in [3.63, 3.8) is 0 Å². The van der Waals surface area contributed by atoms with Crippen molar-refractivity contribution in [2.45, 2.75) is 0 Å². The van der Waals surface area contributed by atoms with E-state index in [9.17, 15) is 9.18 Å². The van der Waals surface area contributed by atoms with E-state index >= 15 is 0 Å². The van der Waals surface area contributed by atoms with Crippen LogP contribution >= 0.6 is 0 Å². The molecule has 0 amide bonds. The quantitative estimate of drug-likeness (QED) is 0.285. The van der Waals surface area contributed by atoms with Gasteiger partial charge in [-0.15, -0.1) is 0 Å². The van der Waals surface area contributed by atoms with Gasteiger partial charge in [0.15, 0.2) is 5.78 Å². The topological polar surface area (TPSA) is 30.0 Å². The van der Waals surface area contributed by atoms with Gasteiger partial charge in [-0.05, 0) is 54.1 Å². The molecule has 0 radical (unpaired) electrons. The van der Waals surface area contributed by atoms with Crippen LogP contribution in [-0.2, 0) is 0 Å². The molecule has 1 heterocycles. The lowest BCUT2D eigenvalue weighted by Crippen LogP contribution is -1.94. The van der Waals surface area contributed by atoms with Gasteiger partial charge in [0.25, 0.3) is 0 Å². The Labute approximate surface area is 144 Å². The van der Waals surface area contributed by atoms with E-state index in [1.165, 1.54) is 30.3 Å². The minimum Gasteiger partial charge on any atom is -0.289 e. The number of aromatic nitrogens is 1. The Morgan fingerprint density at radius 1 is 0.800 bits per heavy atom. The zero-order valence-corrected chi connectivity index (χ0v) is 13.3. The number of hydrogen-bond acceptors (Lipinski definition) is 2. The monoisotopic (exact) mass is 327 g/mol. The van der Waals surface area contributed by atoms with Crippen LogP contribution in [0, 0.1) is 5.82 Å². The van der Waals surface area contributed by atoms with E-state index in [2.05, 4.69) is 4.98 Å². The van der Waals surface area contributed by atoms with Crippen molar-refractivity contribution >= 4 is 33.7 Å². The van der Waals surface area contributed by atoms with Gasteiger partial charge in [0.1, 0.15) is 5.82 Å². The zero-order valence-electron chi connectivity index (χ0n) is 13.3. The second-order valence-corrected chi connectivity index (χ2v) is 5.76. The zero-order chi connectivity index (χ0) is 17.2. The molecule has 0 unspecified atom stereocenters. The fraction of sp³-hybridized carbons (Fsp3) is 0. The maximum atomic E-state index is 13.0. The number of para-hydroxylation sites is 2. The molecule has 3 heteroatoms. The van der Waals surface area contributed by atoms with Crippen LogP contribution in [0.25, 0.3) is 27.9 Å². The second-order valence-electron chi connectivity index (χ2n) is 5.76. The normalized spacial score (nSPS) is 11.4. The first-order valence-electron chi connectivity index (χ1n) is 7.98. The van der Waals surface area contributed by atoms with Crippen molar-refractivity contribution in [2.75, 3.05) is 0 Å². The highest BCUT2D eigenvalue weighted by Crippen LogP contribution is 2.27. The molecule has 0 aliphatic carbocycles. The van der Waals surface area contributed by atoms with Crippen LogP contribution in [-0.4, -0.2) is 10.8 Å². The number of nitrogens with zero attached hydrogens (tertiary/aromatic N) is 1. The van der Waals surface area contributed by atoms with Gasteiger partial charge in [-0.2, -0.15) is 0 Å². The summed E-state index contributed by atoms with van der Waals surface area (Å²) in [6.07, 6.45) is 3.35. The van der Waals surface area contributed by atoms with Crippen LogP contribution in [0.4, 0.5) is 4.39 Å². The number of benzene rings is 3. The van der Waals surface area contributed by atoms with Crippen molar-refractivity contribution in [3.8, 4) is 0 Å². The molecule has 0 spiro atoms. The van der Waals surface area contributed by atoms with Crippen molar-refractivity contribution in [1.29, 1.82) is 0 Å². The third-order valence-electron chi connectivity index (χ3n) is 4.16. The Hall–Kier alpha value is -3.33. The van der Waals surface area contributed by atoms with Crippen molar-refractivity contribution in [3.05, 3.63) is 95.8 Å². The molecule has 0 saturated carbocycles. The van der Waals surface area contributed by atoms with Crippen LogP contribution in [0.5, 0.6) is 0 Å². The number of carbonyl (C=O) groups excluding carboxylic acids is 1. The number of hydrogen-bond donors (Lipinski definition) is 0. The highest BCUT2D eigenvalue weighted by atomic mass is 19.1. The van der Waals surface area contributed by atoms with Gasteiger partial charge in [-0.3, -0.25) is 4.79 Å². The molecule has 4 aromatic rings. The lowest BCUT2D eigenvalue weighted by Gasteiger charge is -2.07. The molecule has 0 aliphatic rings. The Morgan fingerprint density at radius 3 is 1.96 bits per heavy atom. The maximum absolute atomic E-state index is 13.0. The summed E-state index contributed by atoms with van der Waals surface area (Å²) in [4.78, 5) is 17.0. The molecule has 1 aromatic heterocycles. The largest absolute Gasteiger partial charge is 0.289 e. The summed E-state index contributed by atoms with van der Waals surface area (Å²) in [5.41, 5.74) is 3.18. The average Bonchev–Trinajstić information content (AvgIpc) is 2.65. The summed E-state index contributed by atoms with van der Waals surface area (Å²) in [5, 5.41) is 1.98. The third kappa shape index (κ3) is 2.92. The van der Waals surface area contributed by atoms with E-state index in [0.29, 0.717) is 5.56 Å². The second kappa shape index (κ2) is 6.29. The summed E-state index contributed by atoms with van der Waals surface area (Å²) in [5.74, 6) is -0.517. The maximum Gasteiger partial charge on any atom is 0.185 e. The smallest absolute Gasteiger partial charge is 0.185 e. The molecule has 3 aromatic carbocycles. The summed E-state index contributed by atoms with van der Waals surface area (Å²) < 4.78 is 13.0. The third-order valence-corrected chi connectivity index (χ3v) is 4.16. The molecule has 120 valence electrons. The van der Waals surface area contributed by atoms with Crippen LogP contribution in [0.3, 0.4) is 0 Å². The van der Waals surface area contributed by atoms with Gasteiger partial charge in [0.2, 0.25) is 0 Å². The molecule has 0 aliphatic heterocycles. The predicted molar refractivity (Wildman–Crippen MR) is 99.0 cm³/mol. The van der Waals surface area contributed by atoms with E-state index in [1.54, 1.807) is 0 Å². The number of pyridine rings is 1. The summed E-state index contributed by atoms with van der Waals surface area (Å²) in [6.45, 7) is 0. The Bertz CT molecular complexity index is 1060. The molecule has 0 atom stereocenters. The molecule has 2 nitrogen and oxygen atoms in total. The number of ketones is 1. The first-order chi connectivity index (χ1) is 12.2. The van der Waals surface area contributed by atoms with E-state index in [-0.39, 0.29) is 11.6 Å². The standard InChI is InChI=1S/C22H14FNO/c23-16-11-9-15(10-12-16)22(25)14-13-17-18-5-1-3-7-20(18)24-21-8-4-2-6-19(17)21/h1-14H/b14-13+. The Balaban J connectivity index is 1.84. The molecule has 0 fully saturated rings. The average molecular weight is 327 g/mol. The molecule has 25 heavy (non-hydrogen) atoms. The molecule has 0 saturated heterocycles. The number of halogens is 1. The van der Waals surface area contributed by atoms with Gasteiger partial charge in [0.05, 0.1) is 11.0 Å². The first kappa shape index (κ1) is 15.2. The lowest BCUT2D eigenvalue weighted by molar-refractivity contribution is 0.104. The molecular weight excluding hydrogens is 313 g/mol. The summed E-state index contributed by atoms with van der Waals surface area (Å²) in [6, 6.07) is 21.3. The predicted octanol–water partition coefficient (Wildman–Crippen LogP) is 5.42. The highest BCUT2D eigenvalue weighted by molar-refractivity contribution is 6.10. The Morgan fingerprint density at radius 2 is 1.36 bits per heavy atom. The minimum absolute atomic E-state index is 0.162. The van der Waals surface area contributed by atoms with Crippen molar-refractivity contribution in [2.24, 2.45) is 0 Å². The molecule has 4 rings (SSSR count). The van der Waals surface area contributed by atoms with E-state index in [1.807, 2.05) is 54.6 Å². The van der Waals surface area contributed by atoms with E-state index < -0.39 is 0 Å². The summed E-state index contributed by atoms with van der Waals surface area (Å²) >= 11 is 0. The number of rotatable bonds is 3. The van der Waals surface area contributed by atoms with Crippen LogP contribution < -0.4 is 0 Å². The summed E-state index contributed by atoms with van der Waals surface area (Å²) in [7, 11) is 0. The number of allylic oxidation sites excluding steroid dienone is 1. The van der Waals surface area contributed by atoms with Gasteiger partial charge in [0, 0.05) is 16.3 Å². The van der Waals surface area contributed by atoms with Gasteiger partial charge in [-0.1, -0.05) is 36.4 Å². The van der Waals surface area contributed by atoms with E-state index in [0.717, 1.165) is 27.4 Å². The van der Waals surface area contributed by atoms with Crippen LogP contribution in [0.2, 0.25) is 0 Å². The molecular formula is C22H14FNO. The van der Waals surface area contributed by atoms with Crippen molar-refractivity contribution < 1.29 is 9.18 Å². The SMILES string of the molecule is O=C(/C=C/c1c2ccccc2nc2ccccc12)c1ccc(F)cc1. The number of carbonyl (C=O) groups is 1. The number of fused-ring (bicyclic) bond motifs is 2. The highest BCUT2D eigenvalue weighted by Gasteiger charge is 2.07.